The number of piperazine rings is 1. The largest absolute Gasteiger partial charge is 0.338 e. The fraction of sp³-hybridized carbons (Fsp3) is 0.231. The maximum atomic E-state index is 13.2. The second-order valence-corrected chi connectivity index (χ2v) is 9.70. The third-order valence-corrected chi connectivity index (χ3v) is 7.27. The highest BCUT2D eigenvalue weighted by molar-refractivity contribution is 7.13. The Bertz CT molecular complexity index is 1510. The molecule has 0 aliphatic carbocycles. The Balaban J connectivity index is 1.40. The van der Waals surface area contributed by atoms with Crippen molar-refractivity contribution in [3.63, 3.8) is 0 Å². The number of amides is 1. The van der Waals surface area contributed by atoms with Crippen molar-refractivity contribution in [1.29, 1.82) is 0 Å². The molecule has 5 aromatic rings. The topological polar surface area (TPSA) is 66.6 Å². The van der Waals surface area contributed by atoms with Gasteiger partial charge in [-0.1, -0.05) is 35.9 Å². The molecule has 8 heteroatoms. The minimum atomic E-state index is 0.0340. The lowest BCUT2D eigenvalue weighted by Crippen LogP contribution is -2.54. The molecule has 1 aliphatic heterocycles. The minimum absolute atomic E-state index is 0.0340. The average molecular weight is 469 g/mol. The number of carbonyl (C=O) groups is 1. The van der Waals surface area contributed by atoms with E-state index in [9.17, 15) is 4.79 Å². The smallest absolute Gasteiger partial charge is 0.254 e. The van der Waals surface area contributed by atoms with Gasteiger partial charge in [-0.05, 0) is 49.6 Å². The number of thiophene rings is 1. The van der Waals surface area contributed by atoms with Crippen molar-refractivity contribution in [3.05, 3.63) is 77.2 Å². The molecular weight excluding hydrogens is 444 g/mol. The number of carbonyl (C=O) groups excluding carboxylic acids is 1. The maximum absolute atomic E-state index is 13.2. The zero-order valence-electron chi connectivity index (χ0n) is 19.0. The fourth-order valence-electron chi connectivity index (χ4n) is 4.73. The summed E-state index contributed by atoms with van der Waals surface area (Å²) in [5.41, 5.74) is 3.52. The number of benzene rings is 2. The first-order valence-electron chi connectivity index (χ1n) is 11.4. The van der Waals surface area contributed by atoms with Crippen molar-refractivity contribution in [2.75, 3.05) is 24.5 Å². The molecule has 1 amide bonds. The number of aromatic nitrogens is 4. The molecule has 0 spiro atoms. The molecule has 1 fully saturated rings. The van der Waals surface area contributed by atoms with Crippen molar-refractivity contribution in [1.82, 2.24) is 24.5 Å². The second kappa shape index (κ2) is 8.22. The second-order valence-electron chi connectivity index (χ2n) is 8.75. The summed E-state index contributed by atoms with van der Waals surface area (Å²) in [5, 5.41) is 12.1. The Morgan fingerprint density at radius 3 is 2.71 bits per heavy atom. The summed E-state index contributed by atoms with van der Waals surface area (Å²) in [4.78, 5) is 23.6. The Labute approximate surface area is 201 Å². The Morgan fingerprint density at radius 1 is 1.03 bits per heavy atom. The SMILES string of the molecule is Cc1cccc(C(=O)N2CCN(c3nc4ccccc4c4nnc(-c5cccs5)n34)C[C@@H]2C)c1. The normalized spacial score (nSPS) is 16.5. The molecule has 0 N–H and O–H groups in total. The number of hydrogen-bond acceptors (Lipinski definition) is 6. The van der Waals surface area contributed by atoms with Crippen molar-refractivity contribution < 1.29 is 4.79 Å². The van der Waals surface area contributed by atoms with E-state index in [2.05, 4.69) is 32.5 Å². The lowest BCUT2D eigenvalue weighted by molar-refractivity contribution is 0.0673. The van der Waals surface area contributed by atoms with E-state index in [-0.39, 0.29) is 11.9 Å². The van der Waals surface area contributed by atoms with Crippen LogP contribution in [-0.4, -0.2) is 56.1 Å². The number of nitrogens with zero attached hydrogens (tertiary/aromatic N) is 6. The van der Waals surface area contributed by atoms with Crippen LogP contribution in [0.2, 0.25) is 0 Å². The number of aryl methyl sites for hydroxylation is 1. The highest BCUT2D eigenvalue weighted by Crippen LogP contribution is 2.31. The molecule has 2 aromatic carbocycles. The summed E-state index contributed by atoms with van der Waals surface area (Å²) in [7, 11) is 0. The van der Waals surface area contributed by atoms with E-state index in [0.717, 1.165) is 44.3 Å². The number of fused-ring (bicyclic) bond motifs is 3. The zero-order valence-corrected chi connectivity index (χ0v) is 19.9. The van der Waals surface area contributed by atoms with Gasteiger partial charge in [-0.25, -0.2) is 9.38 Å². The first-order valence-corrected chi connectivity index (χ1v) is 12.3. The molecule has 0 saturated carbocycles. The predicted molar refractivity (Wildman–Crippen MR) is 135 cm³/mol. The Kier molecular flexibility index (Phi) is 5.03. The summed E-state index contributed by atoms with van der Waals surface area (Å²) >= 11 is 1.64. The molecule has 0 unspecified atom stereocenters. The van der Waals surface area contributed by atoms with Gasteiger partial charge in [-0.3, -0.25) is 4.79 Å². The average Bonchev–Trinajstić information content (AvgIpc) is 3.53. The molecule has 170 valence electrons. The van der Waals surface area contributed by atoms with Crippen LogP contribution < -0.4 is 4.90 Å². The van der Waals surface area contributed by atoms with Crippen LogP contribution in [0.4, 0.5) is 5.95 Å². The molecule has 6 rings (SSSR count). The van der Waals surface area contributed by atoms with Gasteiger partial charge in [-0.15, -0.1) is 21.5 Å². The van der Waals surface area contributed by atoms with Crippen molar-refractivity contribution in [2.45, 2.75) is 19.9 Å². The van der Waals surface area contributed by atoms with Gasteiger partial charge in [0.05, 0.1) is 10.4 Å². The monoisotopic (exact) mass is 468 g/mol. The van der Waals surface area contributed by atoms with Gasteiger partial charge in [0, 0.05) is 36.6 Å². The van der Waals surface area contributed by atoms with Crippen LogP contribution in [0, 0.1) is 6.92 Å². The third kappa shape index (κ3) is 3.42. The van der Waals surface area contributed by atoms with E-state index < -0.39 is 0 Å². The molecule has 34 heavy (non-hydrogen) atoms. The maximum Gasteiger partial charge on any atom is 0.254 e. The van der Waals surface area contributed by atoms with E-state index in [0.29, 0.717) is 19.6 Å². The van der Waals surface area contributed by atoms with Gasteiger partial charge in [0.1, 0.15) is 0 Å². The number of para-hydroxylation sites is 1. The number of rotatable bonds is 3. The molecule has 0 bridgehead atoms. The molecule has 7 nitrogen and oxygen atoms in total. The van der Waals surface area contributed by atoms with Crippen molar-refractivity contribution >= 4 is 39.7 Å². The third-order valence-electron chi connectivity index (χ3n) is 6.41. The van der Waals surface area contributed by atoms with Gasteiger partial charge >= 0.3 is 0 Å². The summed E-state index contributed by atoms with van der Waals surface area (Å²) in [6.45, 7) is 6.11. The van der Waals surface area contributed by atoms with E-state index in [1.807, 2.05) is 71.8 Å². The zero-order chi connectivity index (χ0) is 23.2. The molecule has 1 saturated heterocycles. The van der Waals surface area contributed by atoms with E-state index in [4.69, 9.17) is 4.98 Å². The molecule has 1 aliphatic rings. The predicted octanol–water partition coefficient (Wildman–Crippen LogP) is 4.67. The van der Waals surface area contributed by atoms with Crippen LogP contribution in [0.1, 0.15) is 22.8 Å². The van der Waals surface area contributed by atoms with Crippen LogP contribution in [0.15, 0.2) is 66.0 Å². The van der Waals surface area contributed by atoms with Gasteiger partial charge < -0.3 is 9.80 Å². The summed E-state index contributed by atoms with van der Waals surface area (Å²) in [6, 6.07) is 20.0. The summed E-state index contributed by atoms with van der Waals surface area (Å²) in [6.07, 6.45) is 0. The van der Waals surface area contributed by atoms with Gasteiger partial charge in [0.25, 0.3) is 5.91 Å². The Hall–Kier alpha value is -3.78. The summed E-state index contributed by atoms with van der Waals surface area (Å²) < 4.78 is 2.07. The van der Waals surface area contributed by atoms with E-state index >= 15 is 0 Å². The summed E-state index contributed by atoms with van der Waals surface area (Å²) in [5.74, 6) is 1.69. The standard InChI is InChI=1S/C26H24N6OS/c1-17-7-5-8-19(15-17)25(33)31-13-12-30(16-18(31)2)26-27-21-10-4-3-9-20(21)23-28-29-24(32(23)26)22-11-6-14-34-22/h3-11,14-15,18H,12-13,16H2,1-2H3/t18-/m0/s1. The van der Waals surface area contributed by atoms with Crippen molar-refractivity contribution in [3.8, 4) is 10.7 Å². The van der Waals surface area contributed by atoms with Gasteiger partial charge in [0.2, 0.25) is 5.95 Å². The quantitative estimate of drug-likeness (QED) is 0.385. The highest BCUT2D eigenvalue weighted by Gasteiger charge is 2.31. The van der Waals surface area contributed by atoms with Crippen LogP contribution in [0.3, 0.4) is 0 Å². The van der Waals surface area contributed by atoms with E-state index in [1.165, 1.54) is 0 Å². The Morgan fingerprint density at radius 2 is 1.91 bits per heavy atom. The van der Waals surface area contributed by atoms with Crippen molar-refractivity contribution in [2.24, 2.45) is 0 Å². The van der Waals surface area contributed by atoms with Crippen LogP contribution in [0.5, 0.6) is 0 Å². The molecule has 3 aromatic heterocycles. The fourth-order valence-corrected chi connectivity index (χ4v) is 5.43. The molecule has 4 heterocycles. The van der Waals surface area contributed by atoms with Gasteiger partial charge in [-0.2, -0.15) is 0 Å². The lowest BCUT2D eigenvalue weighted by atomic mass is 10.1. The first kappa shape index (κ1) is 20.8. The van der Waals surface area contributed by atoms with Crippen LogP contribution >= 0.6 is 11.3 Å². The minimum Gasteiger partial charge on any atom is -0.338 e. The molecular formula is C26H24N6OS. The highest BCUT2D eigenvalue weighted by atomic mass is 32.1. The van der Waals surface area contributed by atoms with Gasteiger partial charge in [0.15, 0.2) is 11.5 Å². The first-order chi connectivity index (χ1) is 16.6. The number of hydrogen-bond donors (Lipinski definition) is 0. The van der Waals surface area contributed by atoms with E-state index in [1.54, 1.807) is 11.3 Å². The number of anilines is 1. The van der Waals surface area contributed by atoms with Crippen LogP contribution in [-0.2, 0) is 0 Å². The van der Waals surface area contributed by atoms with Crippen LogP contribution in [0.25, 0.3) is 27.3 Å². The molecule has 0 radical (unpaired) electrons. The molecule has 1 atom stereocenters. The lowest BCUT2D eigenvalue weighted by Gasteiger charge is -2.40.